The van der Waals surface area contributed by atoms with Crippen LogP contribution in [0.2, 0.25) is 0 Å². The molecule has 2 unspecified atom stereocenters. The van der Waals surface area contributed by atoms with Crippen LogP contribution in [0, 0.1) is 0 Å². The number of aliphatic hydroxyl groups is 1. The van der Waals surface area contributed by atoms with Crippen LogP contribution in [-0.4, -0.2) is 58.9 Å². The second-order valence-corrected chi connectivity index (χ2v) is 5.06. The van der Waals surface area contributed by atoms with E-state index in [0.717, 1.165) is 0 Å². The maximum atomic E-state index is 12.4. The number of ether oxygens (including phenoxy) is 2. The van der Waals surface area contributed by atoms with Gasteiger partial charge in [0.2, 0.25) is 0 Å². The molecule has 0 radical (unpaired) electrons. The lowest BCUT2D eigenvalue weighted by Crippen LogP contribution is -2.40. The van der Waals surface area contributed by atoms with Gasteiger partial charge in [-0.3, -0.25) is 4.79 Å². The molecule has 2 aliphatic heterocycles. The number of β-amino-alcohol motifs (C(OH)–C–C–N with tert-alkyl or cyclic N) is 1. The number of carbonyl (C=O) groups excluding carboxylic acids is 1. The Bertz CT molecular complexity index is 587. The summed E-state index contributed by atoms with van der Waals surface area (Å²) in [6.07, 6.45) is -0.765. The van der Waals surface area contributed by atoms with Gasteiger partial charge in [-0.15, -0.1) is 0 Å². The molecule has 1 fully saturated rings. The Hall–Kier alpha value is -2.28. The van der Waals surface area contributed by atoms with Crippen LogP contribution in [0.25, 0.3) is 0 Å². The molecule has 0 spiro atoms. The van der Waals surface area contributed by atoms with E-state index in [2.05, 4.69) is 0 Å². The van der Waals surface area contributed by atoms with Crippen molar-refractivity contribution < 1.29 is 29.3 Å². The van der Waals surface area contributed by atoms with Gasteiger partial charge in [-0.05, 0) is 18.2 Å². The Morgan fingerprint density at radius 1 is 1.19 bits per heavy atom. The molecule has 0 aliphatic carbocycles. The molecule has 1 aromatic carbocycles. The number of benzene rings is 1. The van der Waals surface area contributed by atoms with E-state index in [9.17, 15) is 14.7 Å². The average Bonchev–Trinajstić information content (AvgIpc) is 2.88. The van der Waals surface area contributed by atoms with Gasteiger partial charge in [0, 0.05) is 18.5 Å². The maximum absolute atomic E-state index is 12.4. The summed E-state index contributed by atoms with van der Waals surface area (Å²) >= 11 is 0. The summed E-state index contributed by atoms with van der Waals surface area (Å²) in [7, 11) is 0. The van der Waals surface area contributed by atoms with Gasteiger partial charge >= 0.3 is 5.97 Å². The van der Waals surface area contributed by atoms with Crippen LogP contribution in [0.15, 0.2) is 18.2 Å². The van der Waals surface area contributed by atoms with Gasteiger partial charge in [0.25, 0.3) is 5.91 Å². The summed E-state index contributed by atoms with van der Waals surface area (Å²) in [6.45, 7) is 0.884. The van der Waals surface area contributed by atoms with Crippen LogP contribution in [0.4, 0.5) is 0 Å². The lowest BCUT2D eigenvalue weighted by molar-refractivity contribution is -0.141. The predicted molar refractivity (Wildman–Crippen MR) is 70.5 cm³/mol. The smallest absolute Gasteiger partial charge is 0.326 e. The number of carboxylic acids is 1. The normalized spacial score (nSPS) is 24.0. The first kappa shape index (κ1) is 13.7. The molecule has 3 rings (SSSR count). The fourth-order valence-electron chi connectivity index (χ4n) is 2.61. The Balaban J connectivity index is 1.86. The molecule has 21 heavy (non-hydrogen) atoms. The molecule has 1 saturated heterocycles. The van der Waals surface area contributed by atoms with Crippen molar-refractivity contribution in [3.8, 4) is 11.5 Å². The molecule has 1 amide bonds. The zero-order chi connectivity index (χ0) is 15.0. The lowest BCUT2D eigenvalue weighted by Gasteiger charge is -2.23. The molecule has 2 atom stereocenters. The topological polar surface area (TPSA) is 96.3 Å². The van der Waals surface area contributed by atoms with Crippen molar-refractivity contribution in [1.82, 2.24) is 4.90 Å². The molecule has 2 N–H and O–H groups in total. The SMILES string of the molecule is O=C(O)C1CC(O)CN1C(=O)c1ccc2c(c1)OCCO2. The maximum Gasteiger partial charge on any atom is 0.326 e. The number of aliphatic carboxylic acids is 1. The van der Waals surface area contributed by atoms with Crippen molar-refractivity contribution in [2.75, 3.05) is 19.8 Å². The molecule has 2 aliphatic rings. The van der Waals surface area contributed by atoms with Crippen LogP contribution in [-0.2, 0) is 4.79 Å². The van der Waals surface area contributed by atoms with Crippen LogP contribution in [0.5, 0.6) is 11.5 Å². The van der Waals surface area contributed by atoms with E-state index in [0.29, 0.717) is 30.3 Å². The fraction of sp³-hybridized carbons (Fsp3) is 0.429. The number of fused-ring (bicyclic) bond motifs is 1. The number of aliphatic hydroxyl groups excluding tert-OH is 1. The standard InChI is InChI=1S/C14H15NO6/c16-9-6-10(14(18)19)15(7-9)13(17)8-1-2-11-12(5-8)21-4-3-20-11/h1-2,5,9-10,16H,3-4,6-7H2,(H,18,19). The van der Waals surface area contributed by atoms with Crippen molar-refractivity contribution in [2.45, 2.75) is 18.6 Å². The molecular weight excluding hydrogens is 278 g/mol. The van der Waals surface area contributed by atoms with Crippen LogP contribution in [0.3, 0.4) is 0 Å². The molecule has 0 bridgehead atoms. The monoisotopic (exact) mass is 293 g/mol. The van der Waals surface area contributed by atoms with Gasteiger partial charge in [0.1, 0.15) is 19.3 Å². The van der Waals surface area contributed by atoms with Gasteiger partial charge in [-0.1, -0.05) is 0 Å². The largest absolute Gasteiger partial charge is 0.486 e. The van der Waals surface area contributed by atoms with Crippen molar-refractivity contribution in [1.29, 1.82) is 0 Å². The summed E-state index contributed by atoms with van der Waals surface area (Å²) in [5.41, 5.74) is 0.319. The number of likely N-dealkylation sites (tertiary alicyclic amines) is 1. The van der Waals surface area contributed by atoms with E-state index in [1.54, 1.807) is 18.2 Å². The second kappa shape index (κ2) is 5.25. The quantitative estimate of drug-likeness (QED) is 0.804. The highest BCUT2D eigenvalue weighted by Crippen LogP contribution is 2.32. The molecule has 1 aromatic rings. The third kappa shape index (κ3) is 2.52. The Kier molecular flexibility index (Phi) is 3.42. The fourth-order valence-corrected chi connectivity index (χ4v) is 2.61. The van der Waals surface area contributed by atoms with Crippen molar-refractivity contribution in [2.24, 2.45) is 0 Å². The molecule has 7 nitrogen and oxygen atoms in total. The number of hydrogen-bond donors (Lipinski definition) is 2. The molecule has 7 heteroatoms. The summed E-state index contributed by atoms with van der Waals surface area (Å²) in [5.74, 6) is -0.513. The van der Waals surface area contributed by atoms with E-state index in [-0.39, 0.29) is 13.0 Å². The Morgan fingerprint density at radius 3 is 2.62 bits per heavy atom. The minimum absolute atomic E-state index is 0.0181. The number of hydrogen-bond acceptors (Lipinski definition) is 5. The average molecular weight is 293 g/mol. The van der Waals surface area contributed by atoms with Gasteiger partial charge in [-0.25, -0.2) is 4.79 Å². The molecule has 2 heterocycles. The zero-order valence-corrected chi connectivity index (χ0v) is 11.2. The highest BCUT2D eigenvalue weighted by Gasteiger charge is 2.39. The summed E-state index contributed by atoms with van der Waals surface area (Å²) < 4.78 is 10.8. The third-order valence-corrected chi connectivity index (χ3v) is 3.61. The van der Waals surface area contributed by atoms with Gasteiger partial charge in [0.15, 0.2) is 11.5 Å². The first-order chi connectivity index (χ1) is 10.1. The highest BCUT2D eigenvalue weighted by molar-refractivity contribution is 5.97. The number of nitrogens with zero attached hydrogens (tertiary/aromatic N) is 1. The lowest BCUT2D eigenvalue weighted by atomic mass is 10.1. The van der Waals surface area contributed by atoms with Gasteiger partial charge in [0.05, 0.1) is 6.10 Å². The molecular formula is C14H15NO6. The van der Waals surface area contributed by atoms with E-state index < -0.39 is 24.0 Å². The van der Waals surface area contributed by atoms with E-state index in [1.165, 1.54) is 4.90 Å². The van der Waals surface area contributed by atoms with E-state index in [4.69, 9.17) is 14.6 Å². The molecule has 0 saturated carbocycles. The predicted octanol–water partition coefficient (Wildman–Crippen LogP) is 0.118. The van der Waals surface area contributed by atoms with Crippen LogP contribution in [0.1, 0.15) is 16.8 Å². The minimum atomic E-state index is -1.11. The summed E-state index contributed by atoms with van der Waals surface area (Å²) in [4.78, 5) is 24.8. The van der Waals surface area contributed by atoms with Crippen LogP contribution < -0.4 is 9.47 Å². The summed E-state index contributed by atoms with van der Waals surface area (Å²) in [6, 6.07) is 3.74. The zero-order valence-electron chi connectivity index (χ0n) is 11.2. The Labute approximate surface area is 120 Å². The van der Waals surface area contributed by atoms with Crippen molar-refractivity contribution in [3.63, 3.8) is 0 Å². The first-order valence-corrected chi connectivity index (χ1v) is 6.68. The van der Waals surface area contributed by atoms with E-state index in [1.807, 2.05) is 0 Å². The number of carbonyl (C=O) groups is 2. The third-order valence-electron chi connectivity index (χ3n) is 3.61. The minimum Gasteiger partial charge on any atom is -0.486 e. The second-order valence-electron chi connectivity index (χ2n) is 5.06. The van der Waals surface area contributed by atoms with Gasteiger partial charge in [-0.2, -0.15) is 0 Å². The highest BCUT2D eigenvalue weighted by atomic mass is 16.6. The van der Waals surface area contributed by atoms with Crippen molar-refractivity contribution >= 4 is 11.9 Å². The van der Waals surface area contributed by atoms with Crippen LogP contribution >= 0.6 is 0 Å². The molecule has 0 aromatic heterocycles. The van der Waals surface area contributed by atoms with Gasteiger partial charge < -0.3 is 24.6 Å². The van der Waals surface area contributed by atoms with E-state index >= 15 is 0 Å². The number of amides is 1. The number of carboxylic acid groups (broad SMARTS) is 1. The first-order valence-electron chi connectivity index (χ1n) is 6.68. The number of rotatable bonds is 2. The molecule has 112 valence electrons. The van der Waals surface area contributed by atoms with Crippen molar-refractivity contribution in [3.05, 3.63) is 23.8 Å². The Morgan fingerprint density at radius 2 is 1.90 bits per heavy atom. The summed E-state index contributed by atoms with van der Waals surface area (Å²) in [5, 5.41) is 18.7.